The van der Waals surface area contributed by atoms with Crippen molar-refractivity contribution in [3.05, 3.63) is 35.9 Å². The lowest BCUT2D eigenvalue weighted by atomic mass is 10.1. The number of rotatable bonds is 6. The van der Waals surface area contributed by atoms with Crippen molar-refractivity contribution in [2.45, 2.75) is 17.9 Å². The quantitative estimate of drug-likeness (QED) is 0.791. The maximum absolute atomic E-state index is 11.6. The average Bonchev–Trinajstić information content (AvgIpc) is 2.29. The van der Waals surface area contributed by atoms with Crippen LogP contribution < -0.4 is 0 Å². The Morgan fingerprint density at radius 3 is 2.06 bits per heavy atom. The van der Waals surface area contributed by atoms with Gasteiger partial charge in [-0.05, 0) is 17.1 Å². The van der Waals surface area contributed by atoms with E-state index in [1.165, 1.54) is 23.5 Å². The largest absolute Gasteiger partial charge is 0.479 e. The first-order valence-electron chi connectivity index (χ1n) is 5.24. The van der Waals surface area contributed by atoms with Crippen LogP contribution in [-0.2, 0) is 8.87 Å². The Morgan fingerprint density at radius 1 is 1.19 bits per heavy atom. The Morgan fingerprint density at radius 2 is 1.69 bits per heavy atom. The number of carbonyl (C=O) groups is 1. The van der Waals surface area contributed by atoms with E-state index < -0.39 is 10.0 Å². The van der Waals surface area contributed by atoms with E-state index >= 15 is 0 Å². The zero-order chi connectivity index (χ0) is 12.0. The third kappa shape index (κ3) is 2.74. The highest BCUT2D eigenvalue weighted by atomic mass is 32.2. The van der Waals surface area contributed by atoms with Crippen molar-refractivity contribution < 1.29 is 9.90 Å². The first kappa shape index (κ1) is 13.5. The summed E-state index contributed by atoms with van der Waals surface area (Å²) in [4.78, 5) is 11.6. The molecule has 1 rings (SSSR count). The first-order valence-corrected chi connectivity index (χ1v) is 7.21. The van der Waals surface area contributed by atoms with E-state index in [4.69, 9.17) is 0 Å². The number of aliphatic carboxylic acids is 1. The van der Waals surface area contributed by atoms with Gasteiger partial charge in [0.25, 0.3) is 0 Å². The van der Waals surface area contributed by atoms with Crippen molar-refractivity contribution >= 4 is 29.5 Å². The second-order valence-electron chi connectivity index (χ2n) is 3.15. The molecule has 1 aromatic carbocycles. The molecule has 0 heterocycles. The van der Waals surface area contributed by atoms with Gasteiger partial charge in [0.1, 0.15) is 0 Å². The lowest BCUT2D eigenvalue weighted by molar-refractivity contribution is -0.137. The van der Waals surface area contributed by atoms with Crippen LogP contribution >= 0.6 is 23.5 Å². The van der Waals surface area contributed by atoms with Crippen molar-refractivity contribution in [2.75, 3.05) is 11.5 Å². The van der Waals surface area contributed by atoms with Crippen molar-refractivity contribution in [1.29, 1.82) is 0 Å². The minimum atomic E-state index is -0.856. The van der Waals surface area contributed by atoms with Crippen LogP contribution in [0.3, 0.4) is 0 Å². The van der Waals surface area contributed by atoms with Crippen molar-refractivity contribution in [1.82, 2.24) is 0 Å². The average molecular weight is 256 g/mol. The first-order chi connectivity index (χ1) is 7.67. The fraction of sp³-hybridized carbons (Fsp3) is 0.417. The smallest absolute Gasteiger partial charge is 0.334 e. The lowest BCUT2D eigenvalue weighted by Crippen LogP contribution is -2.29. The molecular weight excluding hydrogens is 240 g/mol. The summed E-state index contributed by atoms with van der Waals surface area (Å²) in [6.45, 7) is 3.98. The molecule has 0 amide bonds. The second kappa shape index (κ2) is 6.21. The van der Waals surface area contributed by atoms with Crippen molar-refractivity contribution in [3.8, 4) is 0 Å². The number of thioether (sulfide) groups is 2. The van der Waals surface area contributed by atoms with E-state index in [0.717, 1.165) is 17.1 Å². The van der Waals surface area contributed by atoms with Crippen LogP contribution in [0.15, 0.2) is 30.3 Å². The molecule has 0 bridgehead atoms. The highest BCUT2D eigenvalue weighted by molar-refractivity contribution is 8.18. The minimum absolute atomic E-state index is 0.766. The summed E-state index contributed by atoms with van der Waals surface area (Å²) in [6, 6.07) is 9.46. The van der Waals surface area contributed by atoms with Crippen LogP contribution in [0, 0.1) is 0 Å². The monoisotopic (exact) mass is 256 g/mol. The van der Waals surface area contributed by atoms with Gasteiger partial charge in [-0.25, -0.2) is 4.79 Å². The van der Waals surface area contributed by atoms with Gasteiger partial charge in [-0.15, -0.1) is 23.5 Å². The number of benzene rings is 1. The van der Waals surface area contributed by atoms with Crippen LogP contribution in [-0.4, -0.2) is 22.6 Å². The molecule has 0 radical (unpaired) electrons. The Hall–Kier alpha value is -0.610. The molecule has 4 heteroatoms. The highest BCUT2D eigenvalue weighted by Gasteiger charge is 2.40. The van der Waals surface area contributed by atoms with E-state index in [9.17, 15) is 9.90 Å². The summed E-state index contributed by atoms with van der Waals surface area (Å²) in [5.41, 5.74) is 0.862. The van der Waals surface area contributed by atoms with E-state index in [-0.39, 0.29) is 0 Å². The predicted octanol–water partition coefficient (Wildman–Crippen LogP) is 3.43. The molecular formula is C12H16O2S2. The Balaban J connectivity index is 3.15. The molecule has 1 aromatic rings. The van der Waals surface area contributed by atoms with Gasteiger partial charge < -0.3 is 5.11 Å². The van der Waals surface area contributed by atoms with Gasteiger partial charge in [0, 0.05) is 0 Å². The molecule has 0 saturated heterocycles. The predicted molar refractivity (Wildman–Crippen MR) is 72.0 cm³/mol. The third-order valence-corrected chi connectivity index (χ3v) is 5.05. The molecule has 0 aliphatic carbocycles. The molecule has 0 fully saturated rings. The molecule has 88 valence electrons. The summed E-state index contributed by atoms with van der Waals surface area (Å²) in [5, 5.41) is 9.50. The third-order valence-electron chi connectivity index (χ3n) is 2.13. The molecule has 16 heavy (non-hydrogen) atoms. The maximum atomic E-state index is 11.6. The zero-order valence-corrected chi connectivity index (χ0v) is 11.1. The van der Waals surface area contributed by atoms with Crippen LogP contribution in [0.2, 0.25) is 0 Å². The number of hydrogen-bond acceptors (Lipinski definition) is 3. The standard InChI is InChI=1S/C12H16O2S2/c1-3-15-12(11(13)14,16-4-2)10-8-6-5-7-9-10/h5-9H,3-4H2,1-2H3,(H,13,14). The number of carboxylic acid groups (broad SMARTS) is 1. The SMILES string of the molecule is CCSC(SCC)(C(=O)O)c1ccccc1. The fourth-order valence-corrected chi connectivity index (χ4v) is 4.23. The molecule has 2 nitrogen and oxygen atoms in total. The van der Waals surface area contributed by atoms with Gasteiger partial charge >= 0.3 is 5.97 Å². The normalized spacial score (nSPS) is 11.4. The topological polar surface area (TPSA) is 37.3 Å². The Labute approximate surface area is 105 Å². The fourth-order valence-electron chi connectivity index (χ4n) is 1.52. The summed E-state index contributed by atoms with van der Waals surface area (Å²) >= 11 is 2.95. The molecule has 1 N–H and O–H groups in total. The molecule has 0 unspecified atom stereocenters. The van der Waals surface area contributed by atoms with E-state index in [1.54, 1.807) is 0 Å². The summed E-state index contributed by atoms with van der Waals surface area (Å²) in [6.07, 6.45) is 0. The van der Waals surface area contributed by atoms with Crippen molar-refractivity contribution in [3.63, 3.8) is 0 Å². The second-order valence-corrected chi connectivity index (χ2v) is 6.37. The Bertz CT molecular complexity index is 332. The summed E-state index contributed by atoms with van der Waals surface area (Å²) in [7, 11) is 0. The van der Waals surface area contributed by atoms with Gasteiger partial charge in [-0.1, -0.05) is 44.2 Å². The van der Waals surface area contributed by atoms with Gasteiger partial charge in [-0.3, -0.25) is 0 Å². The summed E-state index contributed by atoms with van der Waals surface area (Å²) in [5.74, 6) is 0.806. The van der Waals surface area contributed by atoms with E-state index in [2.05, 4.69) is 0 Å². The minimum Gasteiger partial charge on any atom is -0.479 e. The van der Waals surface area contributed by atoms with Crippen LogP contribution in [0.4, 0.5) is 0 Å². The van der Waals surface area contributed by atoms with Gasteiger partial charge in [-0.2, -0.15) is 0 Å². The van der Waals surface area contributed by atoms with Crippen LogP contribution in [0.25, 0.3) is 0 Å². The maximum Gasteiger partial charge on any atom is 0.334 e. The molecule has 0 spiro atoms. The van der Waals surface area contributed by atoms with Crippen LogP contribution in [0.5, 0.6) is 0 Å². The zero-order valence-electron chi connectivity index (χ0n) is 9.47. The lowest BCUT2D eigenvalue weighted by Gasteiger charge is -2.27. The number of carboxylic acids is 1. The molecule has 0 atom stereocenters. The van der Waals surface area contributed by atoms with Gasteiger partial charge in [0.05, 0.1) is 0 Å². The molecule has 0 aliphatic rings. The number of hydrogen-bond donors (Lipinski definition) is 1. The van der Waals surface area contributed by atoms with Gasteiger partial charge in [0.15, 0.2) is 4.08 Å². The van der Waals surface area contributed by atoms with E-state index in [1.807, 2.05) is 44.2 Å². The molecule has 0 aliphatic heterocycles. The molecule has 0 aromatic heterocycles. The molecule has 0 saturated carbocycles. The van der Waals surface area contributed by atoms with Crippen molar-refractivity contribution in [2.24, 2.45) is 0 Å². The highest BCUT2D eigenvalue weighted by Crippen LogP contribution is 2.46. The summed E-state index contributed by atoms with van der Waals surface area (Å²) < 4.78 is -0.856. The van der Waals surface area contributed by atoms with Crippen LogP contribution in [0.1, 0.15) is 19.4 Å². The van der Waals surface area contributed by atoms with Gasteiger partial charge in [0.2, 0.25) is 0 Å². The van der Waals surface area contributed by atoms with E-state index in [0.29, 0.717) is 0 Å². The Kier molecular flexibility index (Phi) is 5.22.